The molecule has 0 aromatic rings. The van der Waals surface area contributed by atoms with E-state index in [-0.39, 0.29) is 11.8 Å². The first-order valence-electron chi connectivity index (χ1n) is 5.94. The second kappa shape index (κ2) is 9.13. The van der Waals surface area contributed by atoms with Gasteiger partial charge in [0.05, 0.1) is 6.61 Å². The topological polar surface area (TPSA) is 43.4 Å². The highest BCUT2D eigenvalue weighted by atomic mass is 16.5. The lowest BCUT2D eigenvalue weighted by atomic mass is 10.2. The number of unbranched alkanes of at least 4 members (excludes halogenated alkanes) is 4. The average Bonchev–Trinajstić information content (AvgIpc) is 2.21. The Morgan fingerprint density at radius 1 is 1.06 bits per heavy atom. The van der Waals surface area contributed by atoms with Crippen molar-refractivity contribution in [2.24, 2.45) is 0 Å². The van der Waals surface area contributed by atoms with Crippen LogP contribution in [0.1, 0.15) is 52.9 Å². The van der Waals surface area contributed by atoms with E-state index in [0.717, 1.165) is 12.8 Å². The summed E-state index contributed by atoms with van der Waals surface area (Å²) in [4.78, 5) is 22.0. The lowest BCUT2D eigenvalue weighted by molar-refractivity contribution is -0.139. The third-order valence-corrected chi connectivity index (χ3v) is 2.22. The van der Waals surface area contributed by atoms with Gasteiger partial charge < -0.3 is 4.74 Å². The Kier molecular flexibility index (Phi) is 8.49. The highest BCUT2D eigenvalue weighted by molar-refractivity contribution is 5.97. The lowest BCUT2D eigenvalue weighted by Crippen LogP contribution is -2.08. The van der Waals surface area contributed by atoms with Crippen molar-refractivity contribution >= 4 is 11.8 Å². The number of ether oxygens (including phenoxy) is 1. The fraction of sp³-hybridized carbons (Fsp3) is 0.692. The third kappa shape index (κ3) is 8.21. The lowest BCUT2D eigenvalue weighted by Gasteiger charge is -2.04. The van der Waals surface area contributed by atoms with Gasteiger partial charge in [-0.3, -0.25) is 4.79 Å². The predicted molar refractivity (Wildman–Crippen MR) is 64.2 cm³/mol. The summed E-state index contributed by atoms with van der Waals surface area (Å²) in [6.07, 6.45) is 6.93. The minimum atomic E-state index is -0.384. The number of allylic oxidation sites excluding steroid dienone is 1. The van der Waals surface area contributed by atoms with E-state index in [4.69, 9.17) is 4.74 Å². The smallest absolute Gasteiger partial charge is 0.333 e. The van der Waals surface area contributed by atoms with Gasteiger partial charge in [-0.2, -0.15) is 0 Å². The number of esters is 1. The average molecular weight is 226 g/mol. The molecule has 0 fully saturated rings. The molecule has 3 nitrogen and oxygen atoms in total. The zero-order valence-corrected chi connectivity index (χ0v) is 10.5. The van der Waals surface area contributed by atoms with E-state index in [1.54, 1.807) is 6.92 Å². The zero-order valence-electron chi connectivity index (χ0n) is 10.5. The van der Waals surface area contributed by atoms with Crippen molar-refractivity contribution < 1.29 is 14.3 Å². The monoisotopic (exact) mass is 226 g/mol. The standard InChI is InChI=1S/C13H22O3/c1-4-5-6-7-8-9-16-13(15)11(2)10-12(3)14/h10H,4-9H2,1-3H3. The van der Waals surface area contributed by atoms with E-state index in [9.17, 15) is 9.59 Å². The normalized spacial score (nSPS) is 11.3. The zero-order chi connectivity index (χ0) is 12.4. The van der Waals surface area contributed by atoms with Crippen molar-refractivity contribution in [1.82, 2.24) is 0 Å². The first-order valence-corrected chi connectivity index (χ1v) is 5.94. The number of ketones is 1. The molecule has 3 heteroatoms. The molecule has 0 atom stereocenters. The molecule has 0 spiro atoms. The second-order valence-corrected chi connectivity index (χ2v) is 3.99. The molecule has 0 N–H and O–H groups in total. The summed E-state index contributed by atoms with van der Waals surface area (Å²) in [5.41, 5.74) is 0.376. The fourth-order valence-electron chi connectivity index (χ4n) is 1.35. The van der Waals surface area contributed by atoms with Crippen LogP contribution in [0, 0.1) is 0 Å². The van der Waals surface area contributed by atoms with Crippen LogP contribution in [0.25, 0.3) is 0 Å². The third-order valence-electron chi connectivity index (χ3n) is 2.22. The molecule has 0 aromatic carbocycles. The molecule has 0 radical (unpaired) electrons. The summed E-state index contributed by atoms with van der Waals surface area (Å²) in [6, 6.07) is 0. The Balaban J connectivity index is 3.62. The highest BCUT2D eigenvalue weighted by Crippen LogP contribution is 2.04. The second-order valence-electron chi connectivity index (χ2n) is 3.99. The Hall–Kier alpha value is -1.12. The van der Waals surface area contributed by atoms with Crippen LogP contribution < -0.4 is 0 Å². The first-order chi connectivity index (χ1) is 7.57. The van der Waals surface area contributed by atoms with Crippen LogP contribution >= 0.6 is 0 Å². The molecule has 0 unspecified atom stereocenters. The van der Waals surface area contributed by atoms with Crippen molar-refractivity contribution in [3.8, 4) is 0 Å². The number of hydrogen-bond acceptors (Lipinski definition) is 3. The Bertz CT molecular complexity index is 254. The van der Waals surface area contributed by atoms with Crippen LogP contribution in [0.15, 0.2) is 11.6 Å². The van der Waals surface area contributed by atoms with Crippen molar-refractivity contribution in [2.75, 3.05) is 6.61 Å². The molecule has 92 valence electrons. The summed E-state index contributed by atoms with van der Waals surface area (Å²) in [5, 5.41) is 0. The van der Waals surface area contributed by atoms with Gasteiger partial charge in [0.15, 0.2) is 5.78 Å². The minimum Gasteiger partial charge on any atom is -0.462 e. The van der Waals surface area contributed by atoms with Gasteiger partial charge in [0.2, 0.25) is 0 Å². The van der Waals surface area contributed by atoms with Gasteiger partial charge in [-0.25, -0.2) is 4.79 Å². The summed E-state index contributed by atoms with van der Waals surface area (Å²) in [5.74, 6) is -0.511. The van der Waals surface area contributed by atoms with Crippen LogP contribution in [0.5, 0.6) is 0 Å². The Labute approximate surface area is 97.9 Å². The predicted octanol–water partition coefficient (Wildman–Crippen LogP) is 3.04. The Morgan fingerprint density at radius 3 is 2.25 bits per heavy atom. The van der Waals surface area contributed by atoms with Crippen LogP contribution in [-0.2, 0) is 14.3 Å². The quantitative estimate of drug-likeness (QED) is 0.363. The Morgan fingerprint density at radius 2 is 1.69 bits per heavy atom. The molecule has 0 amide bonds. The van der Waals surface area contributed by atoms with Crippen molar-refractivity contribution in [2.45, 2.75) is 52.9 Å². The summed E-state index contributed by atoms with van der Waals surface area (Å²) >= 11 is 0. The summed E-state index contributed by atoms with van der Waals surface area (Å²) in [7, 11) is 0. The molecular formula is C13H22O3. The van der Waals surface area contributed by atoms with Crippen LogP contribution in [-0.4, -0.2) is 18.4 Å². The number of rotatable bonds is 8. The maximum atomic E-state index is 11.3. The van der Waals surface area contributed by atoms with Crippen LogP contribution in [0.3, 0.4) is 0 Å². The van der Waals surface area contributed by atoms with E-state index in [1.165, 1.54) is 32.3 Å². The van der Waals surface area contributed by atoms with E-state index >= 15 is 0 Å². The van der Waals surface area contributed by atoms with Gasteiger partial charge in [0.25, 0.3) is 0 Å². The fourth-order valence-corrected chi connectivity index (χ4v) is 1.35. The number of carbonyl (C=O) groups excluding carboxylic acids is 2. The highest BCUT2D eigenvalue weighted by Gasteiger charge is 2.05. The molecule has 0 heterocycles. The summed E-state index contributed by atoms with van der Waals surface area (Å²) < 4.78 is 5.03. The van der Waals surface area contributed by atoms with Gasteiger partial charge in [-0.15, -0.1) is 0 Å². The molecule has 0 aliphatic heterocycles. The number of hydrogen-bond donors (Lipinski definition) is 0. The molecule has 16 heavy (non-hydrogen) atoms. The van der Waals surface area contributed by atoms with Crippen LogP contribution in [0.2, 0.25) is 0 Å². The van der Waals surface area contributed by atoms with Gasteiger partial charge in [-0.05, 0) is 26.3 Å². The van der Waals surface area contributed by atoms with E-state index in [2.05, 4.69) is 6.92 Å². The first kappa shape index (κ1) is 14.9. The molecule has 0 aliphatic rings. The molecule has 0 bridgehead atoms. The minimum absolute atomic E-state index is 0.127. The van der Waals surface area contributed by atoms with Crippen LogP contribution in [0.4, 0.5) is 0 Å². The van der Waals surface area contributed by atoms with Gasteiger partial charge in [0.1, 0.15) is 0 Å². The molecule has 0 aromatic heterocycles. The molecule has 0 saturated heterocycles. The maximum absolute atomic E-state index is 11.3. The van der Waals surface area contributed by atoms with Gasteiger partial charge in [-0.1, -0.05) is 32.6 Å². The molecule has 0 aliphatic carbocycles. The van der Waals surface area contributed by atoms with E-state index < -0.39 is 0 Å². The largest absolute Gasteiger partial charge is 0.462 e. The maximum Gasteiger partial charge on any atom is 0.333 e. The van der Waals surface area contributed by atoms with Crippen molar-refractivity contribution in [3.05, 3.63) is 11.6 Å². The van der Waals surface area contributed by atoms with Crippen molar-refractivity contribution in [3.63, 3.8) is 0 Å². The molecular weight excluding hydrogens is 204 g/mol. The molecule has 0 rings (SSSR count). The van der Waals surface area contributed by atoms with E-state index in [1.807, 2.05) is 0 Å². The summed E-state index contributed by atoms with van der Waals surface area (Å²) in [6.45, 7) is 5.63. The van der Waals surface area contributed by atoms with Gasteiger partial charge in [0, 0.05) is 5.57 Å². The number of carbonyl (C=O) groups is 2. The van der Waals surface area contributed by atoms with Crippen molar-refractivity contribution in [1.29, 1.82) is 0 Å². The molecule has 0 saturated carbocycles. The SMILES string of the molecule is CCCCCCCOC(=O)C(C)=CC(C)=O. The van der Waals surface area contributed by atoms with Gasteiger partial charge >= 0.3 is 5.97 Å². The van der Waals surface area contributed by atoms with E-state index in [0.29, 0.717) is 12.2 Å².